The number of hydrogen-bond acceptors (Lipinski definition) is 6. The van der Waals surface area contributed by atoms with Crippen molar-refractivity contribution < 1.29 is 22.7 Å². The van der Waals surface area contributed by atoms with E-state index in [1.54, 1.807) is 17.0 Å². The fourth-order valence-corrected chi connectivity index (χ4v) is 4.57. The molecule has 10 heteroatoms. The number of rotatable bonds is 7. The van der Waals surface area contributed by atoms with Gasteiger partial charge in [-0.2, -0.15) is 4.31 Å². The summed E-state index contributed by atoms with van der Waals surface area (Å²) in [7, 11) is -0.869. The Morgan fingerprint density at radius 3 is 2.29 bits per heavy atom. The fraction of sp³-hybridized carbons (Fsp3) is 0.611. The molecule has 1 amide bonds. The molecule has 1 aromatic rings. The largest absolute Gasteiger partial charge is 0.497 e. The van der Waals surface area contributed by atoms with Gasteiger partial charge in [0, 0.05) is 32.2 Å². The van der Waals surface area contributed by atoms with Gasteiger partial charge in [-0.1, -0.05) is 20.3 Å². The predicted molar refractivity (Wildman–Crippen MR) is 110 cm³/mol. The molecule has 1 aromatic carbocycles. The fourth-order valence-electron chi connectivity index (χ4n) is 2.98. The molecular weight excluding hydrogens is 406 g/mol. The van der Waals surface area contributed by atoms with Crippen LogP contribution in [0.1, 0.15) is 20.3 Å². The molecule has 0 radical (unpaired) electrons. The van der Waals surface area contributed by atoms with Gasteiger partial charge >= 0.3 is 0 Å². The van der Waals surface area contributed by atoms with Crippen LogP contribution < -0.4 is 15.2 Å². The van der Waals surface area contributed by atoms with E-state index in [0.717, 1.165) is 6.42 Å². The Balaban J connectivity index is 0.00000392. The van der Waals surface area contributed by atoms with Crippen LogP contribution in [0.25, 0.3) is 0 Å². The Bertz CT molecular complexity index is 766. The summed E-state index contributed by atoms with van der Waals surface area (Å²) < 4.78 is 37.8. The number of piperazine rings is 1. The summed E-state index contributed by atoms with van der Waals surface area (Å²) in [5.74, 6) is 0.650. The summed E-state index contributed by atoms with van der Waals surface area (Å²) in [6.45, 7) is 4.98. The monoisotopic (exact) mass is 435 g/mol. The van der Waals surface area contributed by atoms with E-state index in [9.17, 15) is 13.2 Å². The lowest BCUT2D eigenvalue weighted by atomic mass is 9.99. The molecule has 0 aromatic heterocycles. The second kappa shape index (κ2) is 10.3. The van der Waals surface area contributed by atoms with Gasteiger partial charge in [0.1, 0.15) is 16.4 Å². The summed E-state index contributed by atoms with van der Waals surface area (Å²) in [6, 6.07) is 4.10. The van der Waals surface area contributed by atoms with Crippen molar-refractivity contribution in [3.05, 3.63) is 18.2 Å². The normalized spacial score (nSPS) is 17.4. The van der Waals surface area contributed by atoms with Crippen molar-refractivity contribution in [3.63, 3.8) is 0 Å². The highest BCUT2D eigenvalue weighted by molar-refractivity contribution is 7.89. The number of carbonyl (C=O) groups excluding carboxylic acids is 1. The van der Waals surface area contributed by atoms with Gasteiger partial charge in [0.15, 0.2) is 0 Å². The van der Waals surface area contributed by atoms with E-state index < -0.39 is 16.1 Å². The summed E-state index contributed by atoms with van der Waals surface area (Å²) in [6.07, 6.45) is 0.816. The number of carbonyl (C=O) groups is 1. The van der Waals surface area contributed by atoms with Crippen molar-refractivity contribution in [1.29, 1.82) is 0 Å². The number of benzene rings is 1. The average Bonchev–Trinajstić information content (AvgIpc) is 2.71. The minimum absolute atomic E-state index is 0. The number of nitrogens with zero attached hydrogens (tertiary/aromatic N) is 2. The number of sulfonamides is 1. The van der Waals surface area contributed by atoms with Crippen LogP contribution in [-0.4, -0.2) is 70.0 Å². The van der Waals surface area contributed by atoms with Crippen LogP contribution in [0.4, 0.5) is 0 Å². The molecule has 0 bridgehead atoms. The van der Waals surface area contributed by atoms with Crippen LogP contribution >= 0.6 is 12.4 Å². The maximum absolute atomic E-state index is 13.1. The molecule has 2 N–H and O–H groups in total. The third kappa shape index (κ3) is 5.08. The molecule has 2 rings (SSSR count). The van der Waals surface area contributed by atoms with Crippen LogP contribution in [0.5, 0.6) is 11.5 Å². The zero-order chi connectivity index (χ0) is 20.2. The molecule has 1 fully saturated rings. The van der Waals surface area contributed by atoms with Gasteiger partial charge in [0.2, 0.25) is 15.9 Å². The first-order valence-corrected chi connectivity index (χ1v) is 10.5. The number of ether oxygens (including phenoxy) is 2. The van der Waals surface area contributed by atoms with Gasteiger partial charge in [-0.05, 0) is 18.1 Å². The maximum atomic E-state index is 13.1. The van der Waals surface area contributed by atoms with Gasteiger partial charge in [0.25, 0.3) is 0 Å². The Morgan fingerprint density at radius 2 is 1.79 bits per heavy atom. The lowest BCUT2D eigenvalue weighted by molar-refractivity contribution is -0.134. The standard InChI is InChI=1S/C18H29N3O5S.ClH/c1-5-13(2)17(19)18(22)20-8-10-21(11-9-20)27(23,24)16-12-14(25-3)6-7-15(16)26-4;/h6-7,12-13,17H,5,8-11,19H2,1-4H3;1H. The first kappa shape index (κ1) is 24.5. The summed E-state index contributed by atoms with van der Waals surface area (Å²) in [5.41, 5.74) is 6.03. The van der Waals surface area contributed by atoms with Crippen molar-refractivity contribution >= 4 is 28.3 Å². The second-order valence-corrected chi connectivity index (χ2v) is 8.56. The van der Waals surface area contributed by atoms with Gasteiger partial charge in [-0.25, -0.2) is 8.42 Å². The maximum Gasteiger partial charge on any atom is 0.247 e. The zero-order valence-corrected chi connectivity index (χ0v) is 18.4. The molecule has 1 aliphatic rings. The molecule has 1 heterocycles. The highest BCUT2D eigenvalue weighted by Gasteiger charge is 2.34. The van der Waals surface area contributed by atoms with E-state index >= 15 is 0 Å². The third-order valence-electron chi connectivity index (χ3n) is 5.08. The van der Waals surface area contributed by atoms with E-state index in [1.807, 2.05) is 13.8 Å². The Hall–Kier alpha value is -1.55. The smallest absolute Gasteiger partial charge is 0.247 e. The lowest BCUT2D eigenvalue weighted by Crippen LogP contribution is -2.55. The zero-order valence-electron chi connectivity index (χ0n) is 16.8. The van der Waals surface area contributed by atoms with Gasteiger partial charge in [-0.15, -0.1) is 12.4 Å². The van der Waals surface area contributed by atoms with Gasteiger partial charge in [-0.3, -0.25) is 4.79 Å². The molecule has 1 saturated heterocycles. The van der Waals surface area contributed by atoms with Crippen molar-refractivity contribution in [2.24, 2.45) is 11.7 Å². The quantitative estimate of drug-likeness (QED) is 0.693. The number of halogens is 1. The second-order valence-electron chi connectivity index (χ2n) is 6.66. The number of hydrogen-bond donors (Lipinski definition) is 1. The first-order valence-electron chi connectivity index (χ1n) is 9.02. The van der Waals surface area contributed by atoms with Crippen LogP contribution in [0.2, 0.25) is 0 Å². The lowest BCUT2D eigenvalue weighted by Gasteiger charge is -2.36. The average molecular weight is 436 g/mol. The van der Waals surface area contributed by atoms with E-state index in [4.69, 9.17) is 15.2 Å². The molecule has 2 atom stereocenters. The summed E-state index contributed by atoms with van der Waals surface area (Å²) in [4.78, 5) is 14.2. The minimum atomic E-state index is -3.77. The predicted octanol–water partition coefficient (Wildman–Crippen LogP) is 1.33. The van der Waals surface area contributed by atoms with Crippen molar-refractivity contribution in [2.75, 3.05) is 40.4 Å². The molecule has 2 unspecified atom stereocenters. The van der Waals surface area contributed by atoms with E-state index in [-0.39, 0.29) is 48.0 Å². The van der Waals surface area contributed by atoms with Gasteiger partial charge < -0.3 is 20.1 Å². The Kier molecular flexibility index (Phi) is 9.00. The molecular formula is C18H30ClN3O5S. The number of amides is 1. The van der Waals surface area contributed by atoms with E-state index in [1.165, 1.54) is 24.6 Å². The van der Waals surface area contributed by atoms with Gasteiger partial charge in [0.05, 0.1) is 20.3 Å². The molecule has 28 heavy (non-hydrogen) atoms. The van der Waals surface area contributed by atoms with Crippen LogP contribution in [0.15, 0.2) is 23.1 Å². The molecule has 1 aliphatic heterocycles. The summed E-state index contributed by atoms with van der Waals surface area (Å²) in [5, 5.41) is 0. The highest BCUT2D eigenvalue weighted by Crippen LogP contribution is 2.31. The molecule has 0 aliphatic carbocycles. The molecule has 0 saturated carbocycles. The van der Waals surface area contributed by atoms with E-state index in [0.29, 0.717) is 18.8 Å². The van der Waals surface area contributed by atoms with Crippen LogP contribution in [0, 0.1) is 5.92 Å². The molecule has 160 valence electrons. The van der Waals surface area contributed by atoms with Crippen LogP contribution in [-0.2, 0) is 14.8 Å². The van der Waals surface area contributed by atoms with Crippen molar-refractivity contribution in [1.82, 2.24) is 9.21 Å². The van der Waals surface area contributed by atoms with Crippen molar-refractivity contribution in [2.45, 2.75) is 31.2 Å². The van der Waals surface area contributed by atoms with E-state index in [2.05, 4.69) is 0 Å². The number of nitrogens with two attached hydrogens (primary N) is 1. The highest BCUT2D eigenvalue weighted by atomic mass is 35.5. The Morgan fingerprint density at radius 1 is 1.18 bits per heavy atom. The SMILES string of the molecule is CCC(C)C(N)C(=O)N1CCN(S(=O)(=O)c2cc(OC)ccc2OC)CC1.Cl. The van der Waals surface area contributed by atoms with Crippen molar-refractivity contribution in [3.8, 4) is 11.5 Å². The Labute approximate surface area is 173 Å². The van der Waals surface area contributed by atoms with Crippen LogP contribution in [0.3, 0.4) is 0 Å². The minimum Gasteiger partial charge on any atom is -0.497 e. The number of methoxy groups -OCH3 is 2. The molecule has 8 nitrogen and oxygen atoms in total. The summed E-state index contributed by atoms with van der Waals surface area (Å²) >= 11 is 0. The topological polar surface area (TPSA) is 102 Å². The third-order valence-corrected chi connectivity index (χ3v) is 7.00. The first-order chi connectivity index (χ1) is 12.8. The molecule has 0 spiro atoms.